The Morgan fingerprint density at radius 2 is 1.89 bits per heavy atom. The van der Waals surface area contributed by atoms with Crippen molar-refractivity contribution in [2.75, 3.05) is 12.4 Å². The number of ether oxygens (including phenoxy) is 1. The van der Waals surface area contributed by atoms with Crippen LogP contribution in [0.15, 0.2) is 95.4 Å². The van der Waals surface area contributed by atoms with Crippen molar-refractivity contribution in [1.29, 1.82) is 5.26 Å². The van der Waals surface area contributed by atoms with Crippen LogP contribution in [0.25, 0.3) is 16.6 Å². The number of phenols is 1. The smallest absolute Gasteiger partial charge is 0.259 e. The zero-order chi connectivity index (χ0) is 25.8. The van der Waals surface area contributed by atoms with Crippen LogP contribution in [0.2, 0.25) is 0 Å². The van der Waals surface area contributed by atoms with Crippen molar-refractivity contribution in [3.63, 3.8) is 0 Å². The lowest BCUT2D eigenvalue weighted by molar-refractivity contribution is 0.102. The third kappa shape index (κ3) is 4.56. The number of carbonyl (C=O) groups is 1. The summed E-state index contributed by atoms with van der Waals surface area (Å²) >= 11 is 0. The molecule has 37 heavy (non-hydrogen) atoms. The molecule has 0 unspecified atom stereocenters. The predicted octanol–water partition coefficient (Wildman–Crippen LogP) is 5.67. The molecule has 0 aliphatic rings. The van der Waals surface area contributed by atoms with Gasteiger partial charge in [-0.3, -0.25) is 4.79 Å². The summed E-state index contributed by atoms with van der Waals surface area (Å²) in [4.78, 5) is 17.4. The highest BCUT2D eigenvalue weighted by Crippen LogP contribution is 2.41. The number of hydrogen-bond donors (Lipinski definition) is 2. The van der Waals surface area contributed by atoms with Crippen molar-refractivity contribution >= 4 is 33.9 Å². The summed E-state index contributed by atoms with van der Waals surface area (Å²) in [6, 6.07) is 22.9. The van der Waals surface area contributed by atoms with Gasteiger partial charge in [-0.05, 0) is 53.9 Å². The number of fused-ring (bicyclic) bond motifs is 1. The van der Waals surface area contributed by atoms with E-state index in [-0.39, 0.29) is 28.4 Å². The number of pyridine rings is 1. The Labute approximate surface area is 211 Å². The molecule has 180 valence electrons. The van der Waals surface area contributed by atoms with E-state index in [0.717, 1.165) is 0 Å². The minimum atomic E-state index is -0.527. The van der Waals surface area contributed by atoms with Crippen molar-refractivity contribution in [3.8, 4) is 23.4 Å². The molecule has 0 saturated heterocycles. The first kappa shape index (κ1) is 23.2. The average molecular weight is 489 g/mol. The van der Waals surface area contributed by atoms with Crippen LogP contribution in [-0.4, -0.2) is 32.9 Å². The molecule has 2 aromatic heterocycles. The molecule has 5 rings (SSSR count). The van der Waals surface area contributed by atoms with E-state index in [0.29, 0.717) is 28.0 Å². The van der Waals surface area contributed by atoms with E-state index in [2.05, 4.69) is 25.6 Å². The molecule has 0 radical (unpaired) electrons. The van der Waals surface area contributed by atoms with Gasteiger partial charge in [0.15, 0.2) is 17.4 Å². The monoisotopic (exact) mass is 489 g/mol. The molecular weight excluding hydrogens is 470 g/mol. The predicted molar refractivity (Wildman–Crippen MR) is 137 cm³/mol. The van der Waals surface area contributed by atoms with Crippen LogP contribution < -0.4 is 10.1 Å². The Bertz CT molecular complexity index is 1670. The fraction of sp³-hybridized carbons (Fsp3) is 0.0370. The van der Waals surface area contributed by atoms with E-state index in [9.17, 15) is 15.2 Å². The van der Waals surface area contributed by atoms with Crippen LogP contribution in [-0.2, 0) is 0 Å². The van der Waals surface area contributed by atoms with Gasteiger partial charge in [-0.25, -0.2) is 4.98 Å². The van der Waals surface area contributed by atoms with Gasteiger partial charge in [0.2, 0.25) is 0 Å². The van der Waals surface area contributed by atoms with Gasteiger partial charge >= 0.3 is 0 Å². The summed E-state index contributed by atoms with van der Waals surface area (Å²) in [5.74, 6) is 0.239. The van der Waals surface area contributed by atoms with Crippen LogP contribution >= 0.6 is 0 Å². The molecule has 3 aromatic carbocycles. The summed E-state index contributed by atoms with van der Waals surface area (Å²) in [6.45, 7) is 0. The van der Waals surface area contributed by atoms with Crippen molar-refractivity contribution in [2.45, 2.75) is 0 Å². The van der Waals surface area contributed by atoms with E-state index in [4.69, 9.17) is 4.74 Å². The number of aromatic hydroxyl groups is 1. The van der Waals surface area contributed by atoms with Crippen LogP contribution in [0.5, 0.6) is 11.5 Å². The minimum absolute atomic E-state index is 0.00250. The lowest BCUT2D eigenvalue weighted by Gasteiger charge is -2.12. The second-order valence-electron chi connectivity index (χ2n) is 7.82. The zero-order valence-corrected chi connectivity index (χ0v) is 19.5. The summed E-state index contributed by atoms with van der Waals surface area (Å²) in [5, 5.41) is 37.4. The number of benzene rings is 3. The summed E-state index contributed by atoms with van der Waals surface area (Å²) < 4.78 is 6.70. The highest BCUT2D eigenvalue weighted by molar-refractivity contribution is 6.11. The molecule has 0 saturated carbocycles. The van der Waals surface area contributed by atoms with Gasteiger partial charge in [0, 0.05) is 17.3 Å². The van der Waals surface area contributed by atoms with E-state index < -0.39 is 5.91 Å². The molecule has 0 aliphatic heterocycles. The zero-order valence-electron chi connectivity index (χ0n) is 19.5. The highest BCUT2D eigenvalue weighted by Gasteiger charge is 2.20. The molecule has 0 atom stereocenters. The first-order valence-corrected chi connectivity index (χ1v) is 11.1. The van der Waals surface area contributed by atoms with Gasteiger partial charge in [0.1, 0.15) is 23.1 Å². The number of nitriles is 1. The summed E-state index contributed by atoms with van der Waals surface area (Å²) in [6.07, 6.45) is 2.95. The van der Waals surface area contributed by atoms with E-state index in [1.807, 2.05) is 12.1 Å². The number of carbonyl (C=O) groups excluding carboxylic acids is 1. The normalized spacial score (nSPS) is 10.9. The first-order chi connectivity index (χ1) is 18.1. The largest absolute Gasteiger partial charge is 0.505 e. The van der Waals surface area contributed by atoms with Gasteiger partial charge < -0.3 is 15.2 Å². The Morgan fingerprint density at radius 1 is 1.08 bits per heavy atom. The van der Waals surface area contributed by atoms with Crippen molar-refractivity contribution < 1.29 is 14.6 Å². The molecule has 5 aromatic rings. The number of nitrogens with one attached hydrogen (secondary N) is 1. The lowest BCUT2D eigenvalue weighted by Crippen LogP contribution is -2.12. The van der Waals surface area contributed by atoms with Gasteiger partial charge in [-0.15, -0.1) is 10.2 Å². The second kappa shape index (κ2) is 9.97. The quantitative estimate of drug-likeness (QED) is 0.295. The van der Waals surface area contributed by atoms with Gasteiger partial charge in [-0.2, -0.15) is 15.0 Å². The second-order valence-corrected chi connectivity index (χ2v) is 7.82. The van der Waals surface area contributed by atoms with Gasteiger partial charge in [-0.1, -0.05) is 24.3 Å². The molecule has 2 heterocycles. The van der Waals surface area contributed by atoms with E-state index in [1.54, 1.807) is 72.9 Å². The first-order valence-electron chi connectivity index (χ1n) is 11.1. The molecule has 10 nitrogen and oxygen atoms in total. The molecule has 1 amide bonds. The van der Waals surface area contributed by atoms with Crippen molar-refractivity contribution in [2.24, 2.45) is 10.2 Å². The fourth-order valence-electron chi connectivity index (χ4n) is 3.74. The SMILES string of the molecule is COc1ccc2c(/N=N/c3c(C#N)cnn3-c3ccccn3)c(O)c(C(=O)Nc3ccccc3)cc2c1. The van der Waals surface area contributed by atoms with E-state index >= 15 is 0 Å². The third-order valence-corrected chi connectivity index (χ3v) is 5.54. The standard InChI is InChI=1S/C27H19N7O3/c1-37-20-10-11-21-17(13-20)14-22(27(36)31-19-7-3-2-4-8-19)25(35)24(21)32-33-26-18(15-28)16-30-34(26)23-9-5-6-12-29-23/h2-14,16,35H,1H3,(H,31,36)/b33-32+. The third-order valence-electron chi connectivity index (χ3n) is 5.54. The Balaban J connectivity index is 1.64. The minimum Gasteiger partial charge on any atom is -0.505 e. The van der Waals surface area contributed by atoms with E-state index in [1.165, 1.54) is 18.0 Å². The number of aromatic nitrogens is 3. The van der Waals surface area contributed by atoms with Crippen LogP contribution in [0, 0.1) is 11.3 Å². The number of anilines is 1. The number of para-hydroxylation sites is 1. The molecule has 0 aliphatic carbocycles. The lowest BCUT2D eigenvalue weighted by atomic mass is 10.0. The molecule has 10 heteroatoms. The number of nitrogens with zero attached hydrogens (tertiary/aromatic N) is 6. The maximum absolute atomic E-state index is 13.1. The Kier molecular flexibility index (Phi) is 6.25. The Hall–Kier alpha value is -5.56. The molecule has 0 spiro atoms. The van der Waals surface area contributed by atoms with Gasteiger partial charge in [0.05, 0.1) is 18.9 Å². The number of rotatable bonds is 6. The van der Waals surface area contributed by atoms with Crippen LogP contribution in [0.4, 0.5) is 17.2 Å². The number of azo groups is 1. The number of hydrogen-bond acceptors (Lipinski definition) is 8. The summed E-state index contributed by atoms with van der Waals surface area (Å²) in [5.41, 5.74) is 0.782. The molecule has 2 N–H and O–H groups in total. The van der Waals surface area contributed by atoms with Crippen molar-refractivity contribution in [3.05, 3.63) is 96.3 Å². The number of phenolic OH excluding ortho intramolecular Hbond substituents is 1. The summed E-state index contributed by atoms with van der Waals surface area (Å²) in [7, 11) is 1.54. The highest BCUT2D eigenvalue weighted by atomic mass is 16.5. The number of amides is 1. The van der Waals surface area contributed by atoms with Crippen molar-refractivity contribution in [1.82, 2.24) is 14.8 Å². The average Bonchev–Trinajstić information content (AvgIpc) is 3.36. The number of methoxy groups -OCH3 is 1. The topological polar surface area (TPSA) is 138 Å². The van der Waals surface area contributed by atoms with Gasteiger partial charge in [0.25, 0.3) is 5.91 Å². The Morgan fingerprint density at radius 3 is 2.62 bits per heavy atom. The maximum Gasteiger partial charge on any atom is 0.259 e. The van der Waals surface area contributed by atoms with Crippen LogP contribution in [0.1, 0.15) is 15.9 Å². The fourth-order valence-corrected chi connectivity index (χ4v) is 3.74. The van der Waals surface area contributed by atoms with Crippen LogP contribution in [0.3, 0.4) is 0 Å². The maximum atomic E-state index is 13.1. The molecular formula is C27H19N7O3. The molecule has 0 bridgehead atoms. The molecule has 0 fully saturated rings.